The maximum absolute atomic E-state index is 6.25. The van der Waals surface area contributed by atoms with E-state index in [1.165, 1.54) is 38.5 Å². The summed E-state index contributed by atoms with van der Waals surface area (Å²) in [5.41, 5.74) is 6.07. The Balaban J connectivity index is 1.87. The van der Waals surface area contributed by atoms with Gasteiger partial charge in [0, 0.05) is 17.7 Å². The summed E-state index contributed by atoms with van der Waals surface area (Å²) in [5.74, 6) is 0.960. The molecule has 4 rings (SSSR count). The second-order valence-corrected chi connectivity index (χ2v) is 6.63. The molecule has 0 aliphatic carbocycles. The summed E-state index contributed by atoms with van der Waals surface area (Å²) in [5, 5.41) is 2.49. The first kappa shape index (κ1) is 15.6. The Morgan fingerprint density at radius 3 is 2.04 bits per heavy atom. The number of rotatable bonds is 3. The fourth-order valence-corrected chi connectivity index (χ4v) is 3.49. The number of pyridine rings is 1. The van der Waals surface area contributed by atoms with Gasteiger partial charge < -0.3 is 4.74 Å². The van der Waals surface area contributed by atoms with Gasteiger partial charge in [0.25, 0.3) is 0 Å². The summed E-state index contributed by atoms with van der Waals surface area (Å²) in [4.78, 5) is 0. The van der Waals surface area contributed by atoms with E-state index in [1.54, 1.807) is 0 Å². The number of aryl methyl sites for hydroxylation is 3. The maximum Gasteiger partial charge on any atom is 0.213 e. The smallest absolute Gasteiger partial charge is 0.213 e. The lowest BCUT2D eigenvalue weighted by atomic mass is 10.0. The summed E-state index contributed by atoms with van der Waals surface area (Å²) in [6.45, 7) is 4.75. The monoisotopic (exact) mass is 328 g/mol. The highest BCUT2D eigenvalue weighted by molar-refractivity contribution is 5.93. The molecule has 0 unspecified atom stereocenters. The summed E-state index contributed by atoms with van der Waals surface area (Å²) < 4.78 is 8.51. The molecule has 0 fully saturated rings. The Hall–Kier alpha value is -2.87. The van der Waals surface area contributed by atoms with Crippen LogP contribution in [0.1, 0.15) is 16.7 Å². The van der Waals surface area contributed by atoms with E-state index in [0.29, 0.717) is 6.61 Å². The van der Waals surface area contributed by atoms with Crippen molar-refractivity contribution >= 4 is 21.8 Å². The van der Waals surface area contributed by atoms with Crippen LogP contribution in [0.15, 0.2) is 66.7 Å². The van der Waals surface area contributed by atoms with Crippen LogP contribution in [-0.4, -0.2) is 0 Å². The van der Waals surface area contributed by atoms with Gasteiger partial charge in [-0.25, -0.2) is 0 Å². The van der Waals surface area contributed by atoms with Crippen molar-refractivity contribution in [2.24, 2.45) is 7.05 Å². The predicted molar refractivity (Wildman–Crippen MR) is 103 cm³/mol. The predicted octanol–water partition coefficient (Wildman–Crippen LogP) is 5.01. The van der Waals surface area contributed by atoms with Crippen molar-refractivity contribution in [3.8, 4) is 5.75 Å². The SMILES string of the molecule is Cc1ccc(C)c(OCc2c3ccccc3[n+](C)c3ccccc23)c1. The summed E-state index contributed by atoms with van der Waals surface area (Å²) in [6.07, 6.45) is 0. The molecule has 2 nitrogen and oxygen atoms in total. The van der Waals surface area contributed by atoms with Gasteiger partial charge in [0.1, 0.15) is 19.4 Å². The first-order chi connectivity index (χ1) is 12.1. The van der Waals surface area contributed by atoms with Gasteiger partial charge in [0.05, 0.1) is 10.8 Å². The van der Waals surface area contributed by atoms with E-state index in [4.69, 9.17) is 4.74 Å². The number of hydrogen-bond donors (Lipinski definition) is 0. The Labute approximate surface area is 148 Å². The van der Waals surface area contributed by atoms with Crippen molar-refractivity contribution in [2.75, 3.05) is 0 Å². The van der Waals surface area contributed by atoms with Crippen molar-refractivity contribution in [1.29, 1.82) is 0 Å². The van der Waals surface area contributed by atoms with Gasteiger partial charge in [-0.05, 0) is 43.2 Å². The molecule has 2 heteroatoms. The van der Waals surface area contributed by atoms with Crippen LogP contribution in [0.3, 0.4) is 0 Å². The van der Waals surface area contributed by atoms with Crippen LogP contribution in [0.2, 0.25) is 0 Å². The van der Waals surface area contributed by atoms with Crippen molar-refractivity contribution in [3.05, 3.63) is 83.4 Å². The average molecular weight is 328 g/mol. The highest BCUT2D eigenvalue weighted by Gasteiger charge is 2.17. The van der Waals surface area contributed by atoms with Crippen LogP contribution in [0, 0.1) is 13.8 Å². The van der Waals surface area contributed by atoms with E-state index in [1.807, 2.05) is 0 Å². The zero-order valence-corrected chi connectivity index (χ0v) is 14.9. The number of fused-ring (bicyclic) bond motifs is 2. The van der Waals surface area contributed by atoms with Crippen LogP contribution >= 0.6 is 0 Å². The maximum atomic E-state index is 6.25. The summed E-state index contributed by atoms with van der Waals surface area (Å²) in [6, 6.07) is 23.4. The molecule has 3 aromatic carbocycles. The molecule has 0 radical (unpaired) electrons. The number of hydrogen-bond acceptors (Lipinski definition) is 1. The lowest BCUT2D eigenvalue weighted by molar-refractivity contribution is -0.617. The Kier molecular flexibility index (Phi) is 3.89. The zero-order valence-electron chi connectivity index (χ0n) is 14.9. The largest absolute Gasteiger partial charge is 0.489 e. The minimum absolute atomic E-state index is 0.562. The normalized spacial score (nSPS) is 11.2. The molecule has 0 aliphatic rings. The molecule has 0 amide bonds. The molecular weight excluding hydrogens is 306 g/mol. The molecule has 0 spiro atoms. The fourth-order valence-electron chi connectivity index (χ4n) is 3.49. The van der Waals surface area contributed by atoms with E-state index in [9.17, 15) is 0 Å². The summed E-state index contributed by atoms with van der Waals surface area (Å²) in [7, 11) is 2.13. The second-order valence-electron chi connectivity index (χ2n) is 6.63. The van der Waals surface area contributed by atoms with Crippen molar-refractivity contribution < 1.29 is 9.30 Å². The molecule has 1 aromatic heterocycles. The number of para-hydroxylation sites is 2. The molecule has 0 N–H and O–H groups in total. The van der Waals surface area contributed by atoms with Gasteiger partial charge in [-0.15, -0.1) is 0 Å². The van der Waals surface area contributed by atoms with E-state index in [2.05, 4.69) is 92.2 Å². The molecular formula is C23H22NO+. The summed E-state index contributed by atoms with van der Waals surface area (Å²) >= 11 is 0. The second kappa shape index (κ2) is 6.21. The van der Waals surface area contributed by atoms with E-state index < -0.39 is 0 Å². The van der Waals surface area contributed by atoms with Gasteiger partial charge in [0.2, 0.25) is 11.0 Å². The molecule has 124 valence electrons. The number of aromatic nitrogens is 1. The average Bonchev–Trinajstić information content (AvgIpc) is 2.64. The lowest BCUT2D eigenvalue weighted by Crippen LogP contribution is -2.30. The minimum Gasteiger partial charge on any atom is -0.489 e. The van der Waals surface area contributed by atoms with E-state index >= 15 is 0 Å². The Morgan fingerprint density at radius 1 is 0.800 bits per heavy atom. The first-order valence-electron chi connectivity index (χ1n) is 8.63. The third kappa shape index (κ3) is 2.74. The molecule has 4 aromatic rings. The third-order valence-corrected chi connectivity index (χ3v) is 4.90. The van der Waals surface area contributed by atoms with Crippen LogP contribution < -0.4 is 9.30 Å². The third-order valence-electron chi connectivity index (χ3n) is 4.90. The van der Waals surface area contributed by atoms with Gasteiger partial charge in [0.15, 0.2) is 0 Å². The van der Waals surface area contributed by atoms with Crippen molar-refractivity contribution in [3.63, 3.8) is 0 Å². The molecule has 25 heavy (non-hydrogen) atoms. The number of nitrogens with zero attached hydrogens (tertiary/aromatic N) is 1. The lowest BCUT2D eigenvalue weighted by Gasteiger charge is -2.13. The zero-order chi connectivity index (χ0) is 17.4. The molecule has 0 saturated heterocycles. The molecule has 0 bridgehead atoms. The van der Waals surface area contributed by atoms with Gasteiger partial charge in [-0.1, -0.05) is 36.4 Å². The van der Waals surface area contributed by atoms with Crippen LogP contribution in [-0.2, 0) is 13.7 Å². The Bertz CT molecular complexity index is 1030. The number of ether oxygens (including phenoxy) is 1. The molecule has 0 atom stereocenters. The fraction of sp³-hybridized carbons (Fsp3) is 0.174. The topological polar surface area (TPSA) is 13.1 Å². The van der Waals surface area contributed by atoms with Gasteiger partial charge >= 0.3 is 0 Å². The standard InChI is InChI=1S/C23H22NO/c1-16-12-13-17(2)23(14-16)25-15-20-18-8-4-6-10-21(18)24(3)22-11-7-5-9-19(20)22/h4-14H,15H2,1-3H3/q+1. The Morgan fingerprint density at radius 2 is 1.40 bits per heavy atom. The molecule has 0 aliphatic heterocycles. The minimum atomic E-state index is 0.562. The quantitative estimate of drug-likeness (QED) is 0.380. The van der Waals surface area contributed by atoms with Crippen LogP contribution in [0.4, 0.5) is 0 Å². The highest BCUT2D eigenvalue weighted by Crippen LogP contribution is 2.27. The van der Waals surface area contributed by atoms with Crippen LogP contribution in [0.5, 0.6) is 5.75 Å². The first-order valence-corrected chi connectivity index (χ1v) is 8.63. The van der Waals surface area contributed by atoms with Crippen LogP contribution in [0.25, 0.3) is 21.8 Å². The molecule has 1 heterocycles. The van der Waals surface area contributed by atoms with Gasteiger partial charge in [-0.3, -0.25) is 0 Å². The molecule has 0 saturated carbocycles. The number of benzene rings is 3. The van der Waals surface area contributed by atoms with Gasteiger partial charge in [-0.2, -0.15) is 4.57 Å². The van der Waals surface area contributed by atoms with Crippen molar-refractivity contribution in [1.82, 2.24) is 0 Å². The van der Waals surface area contributed by atoms with E-state index in [0.717, 1.165) is 5.75 Å². The van der Waals surface area contributed by atoms with Crippen molar-refractivity contribution in [2.45, 2.75) is 20.5 Å². The van der Waals surface area contributed by atoms with E-state index in [-0.39, 0.29) is 0 Å². The highest BCUT2D eigenvalue weighted by atomic mass is 16.5.